The second kappa shape index (κ2) is 23.1. The first kappa shape index (κ1) is 32.4. The average molecular weight is 472 g/mol. The number of ether oxygens (including phenoxy) is 1. The topological polar surface area (TPSA) is 70.0 Å². The Bertz CT molecular complexity index is 420. The molecule has 0 heterocycles. The lowest BCUT2D eigenvalue weighted by Crippen LogP contribution is -2.35. The first-order chi connectivity index (χ1) is 16.0. The van der Waals surface area contributed by atoms with Crippen LogP contribution in [0.15, 0.2) is 0 Å². The van der Waals surface area contributed by atoms with E-state index in [1.807, 2.05) is 6.92 Å². The van der Waals surface area contributed by atoms with Gasteiger partial charge in [0.15, 0.2) is 0 Å². The molecule has 0 spiro atoms. The Hall–Kier alpha value is -0.650. The van der Waals surface area contributed by atoms with Crippen molar-refractivity contribution in [1.29, 1.82) is 0 Å². The van der Waals surface area contributed by atoms with E-state index in [0.29, 0.717) is 44.4 Å². The lowest BCUT2D eigenvalue weighted by atomic mass is 9.92. The third-order valence-corrected chi connectivity index (χ3v) is 6.99. The second-order valence-electron chi connectivity index (χ2n) is 9.89. The number of hydrogen-bond acceptors (Lipinski definition) is 5. The van der Waals surface area contributed by atoms with Crippen LogP contribution in [0.25, 0.3) is 0 Å². The summed E-state index contributed by atoms with van der Waals surface area (Å²) in [6.45, 7) is 11.3. The number of hydrogen-bond donors (Lipinski definition) is 2. The van der Waals surface area contributed by atoms with Crippen LogP contribution in [0.2, 0.25) is 0 Å². The third kappa shape index (κ3) is 19.4. The number of carbonyl (C=O) groups is 1. The van der Waals surface area contributed by atoms with Crippen molar-refractivity contribution in [2.45, 2.75) is 130 Å². The zero-order valence-corrected chi connectivity index (χ0v) is 22.5. The van der Waals surface area contributed by atoms with Gasteiger partial charge in [-0.15, -0.1) is 0 Å². The van der Waals surface area contributed by atoms with Crippen molar-refractivity contribution < 1.29 is 19.7 Å². The van der Waals surface area contributed by atoms with E-state index >= 15 is 0 Å². The predicted molar refractivity (Wildman–Crippen MR) is 139 cm³/mol. The summed E-state index contributed by atoms with van der Waals surface area (Å²) in [6.07, 6.45) is 16.4. The van der Waals surface area contributed by atoms with Crippen LogP contribution in [0.3, 0.4) is 0 Å². The highest BCUT2D eigenvalue weighted by molar-refractivity contribution is 5.69. The Balaban J connectivity index is 4.24. The fourth-order valence-corrected chi connectivity index (χ4v) is 4.65. The first-order valence-corrected chi connectivity index (χ1v) is 14.2. The number of carbonyl (C=O) groups excluding carboxylic acids is 1. The van der Waals surface area contributed by atoms with Gasteiger partial charge >= 0.3 is 5.97 Å². The summed E-state index contributed by atoms with van der Waals surface area (Å²) in [6, 6.07) is 0. The van der Waals surface area contributed by atoms with Crippen molar-refractivity contribution in [2.75, 3.05) is 32.8 Å². The summed E-state index contributed by atoms with van der Waals surface area (Å²) < 4.78 is 5.60. The van der Waals surface area contributed by atoms with Gasteiger partial charge in [0.1, 0.15) is 0 Å². The van der Waals surface area contributed by atoms with E-state index in [9.17, 15) is 9.90 Å². The maximum absolute atomic E-state index is 12.3. The molecular weight excluding hydrogens is 414 g/mol. The molecule has 0 aromatic carbocycles. The van der Waals surface area contributed by atoms with Gasteiger partial charge in [0.05, 0.1) is 19.3 Å². The van der Waals surface area contributed by atoms with Gasteiger partial charge in [-0.2, -0.15) is 0 Å². The third-order valence-electron chi connectivity index (χ3n) is 6.99. The van der Waals surface area contributed by atoms with Crippen LogP contribution >= 0.6 is 0 Å². The van der Waals surface area contributed by atoms with E-state index in [1.54, 1.807) is 0 Å². The molecule has 0 rings (SSSR count). The van der Waals surface area contributed by atoms with Crippen LogP contribution < -0.4 is 0 Å². The van der Waals surface area contributed by atoms with E-state index in [0.717, 1.165) is 25.8 Å². The molecule has 0 radical (unpaired) electrons. The molecule has 2 unspecified atom stereocenters. The molecule has 0 saturated carbocycles. The smallest absolute Gasteiger partial charge is 0.305 e. The molecule has 0 amide bonds. The lowest BCUT2D eigenvalue weighted by Gasteiger charge is -2.25. The fraction of sp³-hybridized carbons (Fsp3) is 0.964. The second-order valence-corrected chi connectivity index (χ2v) is 9.89. The van der Waals surface area contributed by atoms with Crippen molar-refractivity contribution >= 4 is 5.97 Å². The van der Waals surface area contributed by atoms with Gasteiger partial charge in [-0.1, -0.05) is 98.3 Å². The Morgan fingerprint density at radius 3 is 2.00 bits per heavy atom. The number of aliphatic hydroxyl groups is 2. The average Bonchev–Trinajstić information content (AvgIpc) is 2.81. The van der Waals surface area contributed by atoms with Crippen molar-refractivity contribution in [1.82, 2.24) is 4.90 Å². The van der Waals surface area contributed by atoms with Crippen molar-refractivity contribution in [2.24, 2.45) is 11.8 Å². The minimum atomic E-state index is -0.418. The molecule has 0 aliphatic rings. The van der Waals surface area contributed by atoms with Crippen molar-refractivity contribution in [3.05, 3.63) is 0 Å². The lowest BCUT2D eigenvalue weighted by molar-refractivity contribution is -0.144. The molecular formula is C28H57NO4. The van der Waals surface area contributed by atoms with Crippen LogP contribution in [-0.2, 0) is 9.53 Å². The maximum atomic E-state index is 12.3. The molecule has 2 atom stereocenters. The van der Waals surface area contributed by atoms with Gasteiger partial charge in [0.25, 0.3) is 0 Å². The molecule has 5 nitrogen and oxygen atoms in total. The summed E-state index contributed by atoms with van der Waals surface area (Å²) in [5.41, 5.74) is 0. The molecule has 198 valence electrons. The van der Waals surface area contributed by atoms with Crippen LogP contribution in [0.4, 0.5) is 0 Å². The molecule has 5 heteroatoms. The summed E-state index contributed by atoms with van der Waals surface area (Å²) in [5.74, 6) is 0.921. The van der Waals surface area contributed by atoms with E-state index in [4.69, 9.17) is 9.84 Å². The molecule has 0 aromatic rings. The summed E-state index contributed by atoms with van der Waals surface area (Å²) in [5, 5.41) is 19.5. The zero-order valence-electron chi connectivity index (χ0n) is 22.5. The summed E-state index contributed by atoms with van der Waals surface area (Å²) >= 11 is 0. The molecule has 0 aliphatic carbocycles. The summed E-state index contributed by atoms with van der Waals surface area (Å²) in [7, 11) is 0. The number of esters is 1. The standard InChI is InChI=1S/C28H57NO4/c1-5-9-11-13-15-26(16-14-12-10-6-2)19-22-33-28(32)18-17-25(7-3)23-27(31)24-29(8-4)20-21-30/h25-27,30-31H,5-24H2,1-4H3. The first-order valence-electron chi connectivity index (χ1n) is 14.2. The monoisotopic (exact) mass is 471 g/mol. The Morgan fingerprint density at radius 2 is 1.48 bits per heavy atom. The number of aliphatic hydroxyl groups excluding tert-OH is 2. The van der Waals surface area contributed by atoms with Crippen molar-refractivity contribution in [3.8, 4) is 0 Å². The predicted octanol–water partition coefficient (Wildman–Crippen LogP) is 6.35. The number of likely N-dealkylation sites (N-methyl/N-ethyl adjacent to an activating group) is 1. The van der Waals surface area contributed by atoms with Gasteiger partial charge in [-0.05, 0) is 37.6 Å². The zero-order chi connectivity index (χ0) is 24.7. The normalized spacial score (nSPS) is 13.6. The molecule has 0 aliphatic heterocycles. The van der Waals surface area contributed by atoms with Gasteiger partial charge in [0.2, 0.25) is 0 Å². The fourth-order valence-electron chi connectivity index (χ4n) is 4.65. The van der Waals surface area contributed by atoms with E-state index < -0.39 is 6.10 Å². The van der Waals surface area contributed by atoms with E-state index in [1.165, 1.54) is 64.2 Å². The molecule has 0 bridgehead atoms. The summed E-state index contributed by atoms with van der Waals surface area (Å²) in [4.78, 5) is 14.4. The van der Waals surface area contributed by atoms with E-state index in [-0.39, 0.29) is 12.6 Å². The van der Waals surface area contributed by atoms with Crippen LogP contribution in [0.1, 0.15) is 124 Å². The number of rotatable bonds is 24. The molecule has 2 N–H and O–H groups in total. The highest BCUT2D eigenvalue weighted by Gasteiger charge is 2.18. The highest BCUT2D eigenvalue weighted by atomic mass is 16.5. The minimum Gasteiger partial charge on any atom is -0.466 e. The molecule has 0 aromatic heterocycles. The van der Waals surface area contributed by atoms with Gasteiger partial charge < -0.3 is 14.9 Å². The Morgan fingerprint density at radius 1 is 0.848 bits per heavy atom. The molecule has 0 fully saturated rings. The molecule has 0 saturated heterocycles. The maximum Gasteiger partial charge on any atom is 0.305 e. The van der Waals surface area contributed by atoms with Crippen LogP contribution in [-0.4, -0.2) is 60.0 Å². The van der Waals surface area contributed by atoms with Crippen molar-refractivity contribution in [3.63, 3.8) is 0 Å². The van der Waals surface area contributed by atoms with Gasteiger partial charge in [0, 0.05) is 19.5 Å². The van der Waals surface area contributed by atoms with Gasteiger partial charge in [-0.25, -0.2) is 0 Å². The quantitative estimate of drug-likeness (QED) is 0.127. The minimum absolute atomic E-state index is 0.0888. The Kier molecular flexibility index (Phi) is 22.7. The number of nitrogens with zero attached hydrogens (tertiary/aromatic N) is 1. The van der Waals surface area contributed by atoms with E-state index in [2.05, 4.69) is 25.7 Å². The van der Waals surface area contributed by atoms with Crippen LogP contribution in [0.5, 0.6) is 0 Å². The molecule has 33 heavy (non-hydrogen) atoms. The van der Waals surface area contributed by atoms with Crippen LogP contribution in [0, 0.1) is 11.8 Å². The highest BCUT2D eigenvalue weighted by Crippen LogP contribution is 2.22. The SMILES string of the molecule is CCCCCCC(CCCCCC)CCOC(=O)CCC(CC)CC(O)CN(CC)CCO. The Labute approximate surface area is 205 Å². The largest absolute Gasteiger partial charge is 0.466 e. The van der Waals surface area contributed by atoms with Gasteiger partial charge in [-0.3, -0.25) is 9.69 Å². The number of unbranched alkanes of at least 4 members (excludes halogenated alkanes) is 6.